The van der Waals surface area contributed by atoms with Gasteiger partial charge < -0.3 is 15.4 Å². The maximum Gasteiger partial charge on any atom is 0.340 e. The SMILES string of the molecule is CC(=O)Nc1ccc(NC(=O)[C@@H](C)OC(=O)c2cccc(Cl)c2Cl)cc1. The Morgan fingerprint density at radius 2 is 1.54 bits per heavy atom. The van der Waals surface area contributed by atoms with Crippen LogP contribution in [0.25, 0.3) is 0 Å². The van der Waals surface area contributed by atoms with Gasteiger partial charge in [0, 0.05) is 18.3 Å². The zero-order valence-corrected chi connectivity index (χ0v) is 15.5. The smallest absolute Gasteiger partial charge is 0.340 e. The Morgan fingerprint density at radius 1 is 0.962 bits per heavy atom. The first kappa shape index (κ1) is 19.8. The number of hydrogen-bond acceptors (Lipinski definition) is 4. The molecular formula is C18H16Cl2N2O4. The van der Waals surface area contributed by atoms with Crippen LogP contribution >= 0.6 is 23.2 Å². The number of amides is 2. The van der Waals surface area contributed by atoms with E-state index in [-0.39, 0.29) is 21.5 Å². The highest BCUT2D eigenvalue weighted by Gasteiger charge is 2.21. The minimum absolute atomic E-state index is 0.0698. The van der Waals surface area contributed by atoms with Gasteiger partial charge in [0.25, 0.3) is 5.91 Å². The van der Waals surface area contributed by atoms with Crippen LogP contribution in [0.1, 0.15) is 24.2 Å². The molecule has 0 saturated heterocycles. The van der Waals surface area contributed by atoms with E-state index in [4.69, 9.17) is 27.9 Å². The molecule has 0 radical (unpaired) electrons. The maximum absolute atomic E-state index is 12.2. The summed E-state index contributed by atoms with van der Waals surface area (Å²) in [5.74, 6) is -1.45. The van der Waals surface area contributed by atoms with E-state index in [0.717, 1.165) is 0 Å². The van der Waals surface area contributed by atoms with Gasteiger partial charge in [-0.1, -0.05) is 29.3 Å². The summed E-state index contributed by atoms with van der Waals surface area (Å²) in [6.45, 7) is 2.84. The van der Waals surface area contributed by atoms with Crippen LogP contribution in [0, 0.1) is 0 Å². The van der Waals surface area contributed by atoms with Gasteiger partial charge in [-0.15, -0.1) is 0 Å². The molecule has 0 aliphatic carbocycles. The monoisotopic (exact) mass is 394 g/mol. The minimum atomic E-state index is -1.05. The average molecular weight is 395 g/mol. The Kier molecular flexibility index (Phi) is 6.60. The lowest BCUT2D eigenvalue weighted by Crippen LogP contribution is -2.30. The Bertz CT molecular complexity index is 838. The fourth-order valence-corrected chi connectivity index (χ4v) is 2.40. The second kappa shape index (κ2) is 8.69. The van der Waals surface area contributed by atoms with E-state index < -0.39 is 18.0 Å². The normalized spacial score (nSPS) is 11.4. The van der Waals surface area contributed by atoms with Crippen molar-refractivity contribution >= 4 is 52.4 Å². The molecule has 2 N–H and O–H groups in total. The van der Waals surface area contributed by atoms with E-state index >= 15 is 0 Å². The summed E-state index contributed by atoms with van der Waals surface area (Å²) in [6, 6.07) is 11.1. The van der Waals surface area contributed by atoms with Crippen molar-refractivity contribution in [1.29, 1.82) is 0 Å². The van der Waals surface area contributed by atoms with E-state index in [0.29, 0.717) is 11.4 Å². The van der Waals surface area contributed by atoms with E-state index in [1.54, 1.807) is 36.4 Å². The fraction of sp³-hybridized carbons (Fsp3) is 0.167. The van der Waals surface area contributed by atoms with Gasteiger partial charge in [-0.25, -0.2) is 4.79 Å². The summed E-state index contributed by atoms with van der Waals surface area (Å²) < 4.78 is 5.13. The van der Waals surface area contributed by atoms with Crippen molar-refractivity contribution in [1.82, 2.24) is 0 Å². The topological polar surface area (TPSA) is 84.5 Å². The highest BCUT2D eigenvalue weighted by atomic mass is 35.5. The Labute approximate surface area is 160 Å². The lowest BCUT2D eigenvalue weighted by Gasteiger charge is -2.14. The summed E-state index contributed by atoms with van der Waals surface area (Å²) in [5, 5.41) is 5.52. The van der Waals surface area contributed by atoms with Crippen LogP contribution in [0.2, 0.25) is 10.0 Å². The van der Waals surface area contributed by atoms with Crippen LogP contribution in [-0.4, -0.2) is 23.9 Å². The standard InChI is InChI=1S/C18H16Cl2N2O4/c1-10(26-18(25)14-4-3-5-15(19)16(14)20)17(24)22-13-8-6-12(7-9-13)21-11(2)23/h3-10H,1-2H3,(H,21,23)(H,22,24)/t10-/m1/s1. The number of rotatable bonds is 5. The number of nitrogens with one attached hydrogen (secondary N) is 2. The van der Waals surface area contributed by atoms with Crippen LogP contribution < -0.4 is 10.6 Å². The molecule has 0 fully saturated rings. The average Bonchev–Trinajstić information content (AvgIpc) is 2.58. The third kappa shape index (κ3) is 5.21. The number of carbonyl (C=O) groups is 3. The van der Waals surface area contributed by atoms with Gasteiger partial charge in [-0.05, 0) is 43.3 Å². The van der Waals surface area contributed by atoms with E-state index in [2.05, 4.69) is 10.6 Å². The Morgan fingerprint density at radius 3 is 2.12 bits per heavy atom. The quantitative estimate of drug-likeness (QED) is 0.746. The molecule has 0 bridgehead atoms. The van der Waals surface area contributed by atoms with Crippen molar-refractivity contribution in [2.45, 2.75) is 20.0 Å². The van der Waals surface area contributed by atoms with Crippen molar-refractivity contribution in [3.05, 3.63) is 58.1 Å². The third-order valence-corrected chi connectivity index (χ3v) is 4.12. The summed E-state index contributed by atoms with van der Waals surface area (Å²) in [7, 11) is 0. The molecule has 0 saturated carbocycles. The predicted molar refractivity (Wildman–Crippen MR) is 101 cm³/mol. The van der Waals surface area contributed by atoms with Crippen LogP contribution in [0.4, 0.5) is 11.4 Å². The summed E-state index contributed by atoms with van der Waals surface area (Å²) in [4.78, 5) is 35.3. The molecule has 2 aromatic carbocycles. The van der Waals surface area contributed by atoms with Gasteiger partial charge in [0.15, 0.2) is 6.10 Å². The predicted octanol–water partition coefficient (Wildman–Crippen LogP) is 4.14. The molecule has 0 heterocycles. The maximum atomic E-state index is 12.2. The van der Waals surface area contributed by atoms with Gasteiger partial charge in [-0.3, -0.25) is 9.59 Å². The molecule has 1 atom stereocenters. The number of ether oxygens (including phenoxy) is 1. The molecule has 136 valence electrons. The molecule has 0 spiro atoms. The van der Waals surface area contributed by atoms with E-state index in [9.17, 15) is 14.4 Å². The lowest BCUT2D eigenvalue weighted by atomic mass is 10.2. The fourth-order valence-electron chi connectivity index (χ4n) is 2.02. The number of anilines is 2. The molecule has 0 unspecified atom stereocenters. The number of esters is 1. The van der Waals surface area contributed by atoms with E-state index in [1.807, 2.05) is 0 Å². The first-order valence-corrected chi connectivity index (χ1v) is 8.37. The summed E-state index contributed by atoms with van der Waals surface area (Å²) in [6.07, 6.45) is -1.05. The molecule has 0 aliphatic heterocycles. The Balaban J connectivity index is 1.97. The number of benzene rings is 2. The van der Waals surface area contributed by atoms with Crippen molar-refractivity contribution in [2.24, 2.45) is 0 Å². The second-order valence-corrected chi connectivity index (χ2v) is 6.18. The highest BCUT2D eigenvalue weighted by Crippen LogP contribution is 2.26. The third-order valence-electron chi connectivity index (χ3n) is 3.30. The number of halogens is 2. The Hall–Kier alpha value is -2.57. The molecule has 2 rings (SSSR count). The molecule has 0 aliphatic rings. The zero-order chi connectivity index (χ0) is 19.3. The lowest BCUT2D eigenvalue weighted by molar-refractivity contribution is -0.123. The van der Waals surface area contributed by atoms with Gasteiger partial charge in [0.1, 0.15) is 0 Å². The molecule has 6 nitrogen and oxygen atoms in total. The van der Waals surface area contributed by atoms with Crippen LogP contribution in [-0.2, 0) is 14.3 Å². The van der Waals surface area contributed by atoms with Crippen molar-refractivity contribution in [2.75, 3.05) is 10.6 Å². The highest BCUT2D eigenvalue weighted by molar-refractivity contribution is 6.43. The van der Waals surface area contributed by atoms with E-state index in [1.165, 1.54) is 19.9 Å². The molecule has 2 aromatic rings. The number of hydrogen-bond donors (Lipinski definition) is 2. The van der Waals surface area contributed by atoms with Crippen LogP contribution in [0.15, 0.2) is 42.5 Å². The zero-order valence-electron chi connectivity index (χ0n) is 14.0. The van der Waals surface area contributed by atoms with Crippen LogP contribution in [0.5, 0.6) is 0 Å². The molecular weight excluding hydrogens is 379 g/mol. The van der Waals surface area contributed by atoms with Gasteiger partial charge in [-0.2, -0.15) is 0 Å². The second-order valence-electron chi connectivity index (χ2n) is 5.40. The van der Waals surface area contributed by atoms with Gasteiger partial charge >= 0.3 is 5.97 Å². The van der Waals surface area contributed by atoms with Crippen molar-refractivity contribution < 1.29 is 19.1 Å². The molecule has 2 amide bonds. The minimum Gasteiger partial charge on any atom is -0.449 e. The van der Waals surface area contributed by atoms with Crippen molar-refractivity contribution in [3.63, 3.8) is 0 Å². The molecule has 8 heteroatoms. The molecule has 26 heavy (non-hydrogen) atoms. The molecule has 0 aromatic heterocycles. The number of carbonyl (C=O) groups excluding carboxylic acids is 3. The first-order valence-electron chi connectivity index (χ1n) is 7.61. The largest absolute Gasteiger partial charge is 0.449 e. The van der Waals surface area contributed by atoms with Crippen molar-refractivity contribution in [3.8, 4) is 0 Å². The summed E-state index contributed by atoms with van der Waals surface area (Å²) in [5.41, 5.74) is 1.18. The first-order chi connectivity index (χ1) is 12.3. The van der Waals surface area contributed by atoms with Gasteiger partial charge in [0.05, 0.1) is 15.6 Å². The summed E-state index contributed by atoms with van der Waals surface area (Å²) >= 11 is 11.8. The van der Waals surface area contributed by atoms with Crippen LogP contribution in [0.3, 0.4) is 0 Å². The van der Waals surface area contributed by atoms with Gasteiger partial charge in [0.2, 0.25) is 5.91 Å².